The zero-order chi connectivity index (χ0) is 13.9. The molecule has 0 spiro atoms. The number of fused-ring (bicyclic) bond motifs is 1. The minimum Gasteiger partial charge on any atom is -0.480 e. The first-order valence-corrected chi connectivity index (χ1v) is 5.99. The third-order valence-electron chi connectivity index (χ3n) is 2.83. The minimum absolute atomic E-state index is 0.249. The Kier molecular flexibility index (Phi) is 3.12. The molecule has 3 aromatic rings. The average molecular weight is 268 g/mol. The van der Waals surface area contributed by atoms with Gasteiger partial charge in [-0.1, -0.05) is 12.1 Å². The molecule has 0 N–H and O–H groups in total. The quantitative estimate of drug-likeness (QED) is 0.724. The summed E-state index contributed by atoms with van der Waals surface area (Å²) >= 11 is 0. The predicted octanol–water partition coefficient (Wildman–Crippen LogP) is 2.10. The van der Waals surface area contributed by atoms with Gasteiger partial charge in [-0.15, -0.1) is 0 Å². The number of para-hydroxylation sites is 2. The lowest BCUT2D eigenvalue weighted by atomic mass is 10.2. The molecular formula is C14H12N4O2. The van der Waals surface area contributed by atoms with Gasteiger partial charge in [0.1, 0.15) is 0 Å². The molecule has 1 aromatic carbocycles. The largest absolute Gasteiger partial charge is 0.480 e. The van der Waals surface area contributed by atoms with Gasteiger partial charge in [-0.2, -0.15) is 4.98 Å². The Morgan fingerprint density at radius 3 is 2.40 bits per heavy atom. The highest BCUT2D eigenvalue weighted by Crippen LogP contribution is 2.27. The smallest absolute Gasteiger partial charge is 0.319 e. The van der Waals surface area contributed by atoms with Gasteiger partial charge in [-0.25, -0.2) is 9.97 Å². The van der Waals surface area contributed by atoms with Gasteiger partial charge in [0.25, 0.3) is 0 Å². The van der Waals surface area contributed by atoms with Gasteiger partial charge in [0, 0.05) is 6.20 Å². The molecule has 0 saturated heterocycles. The first-order valence-electron chi connectivity index (χ1n) is 5.99. The topological polar surface area (TPSA) is 70.0 Å². The van der Waals surface area contributed by atoms with Crippen LogP contribution in [0.3, 0.4) is 0 Å². The predicted molar refractivity (Wildman–Crippen MR) is 73.7 cm³/mol. The van der Waals surface area contributed by atoms with E-state index in [-0.39, 0.29) is 6.01 Å². The van der Waals surface area contributed by atoms with Crippen molar-refractivity contribution < 1.29 is 9.47 Å². The highest BCUT2D eigenvalue weighted by molar-refractivity contribution is 5.77. The Bertz CT molecular complexity index is 761. The summed E-state index contributed by atoms with van der Waals surface area (Å²) in [4.78, 5) is 17.1. The standard InChI is InChI=1S/C14H12N4O2/c1-19-13-9(7-16-14(18-13)20-2)12-8-15-10-5-3-4-6-11(10)17-12/h3-8H,1-2H3. The van der Waals surface area contributed by atoms with Crippen LogP contribution in [0.4, 0.5) is 0 Å². The van der Waals surface area contributed by atoms with Crippen LogP contribution in [0.1, 0.15) is 0 Å². The van der Waals surface area contributed by atoms with E-state index in [0.717, 1.165) is 11.0 Å². The zero-order valence-electron chi connectivity index (χ0n) is 11.1. The van der Waals surface area contributed by atoms with E-state index in [2.05, 4.69) is 19.9 Å². The monoisotopic (exact) mass is 268 g/mol. The number of aromatic nitrogens is 4. The van der Waals surface area contributed by atoms with Crippen LogP contribution in [0.2, 0.25) is 0 Å². The first-order chi connectivity index (χ1) is 9.81. The van der Waals surface area contributed by atoms with Gasteiger partial charge < -0.3 is 9.47 Å². The molecule has 0 aliphatic rings. The lowest BCUT2D eigenvalue weighted by Crippen LogP contribution is -1.99. The molecule has 6 heteroatoms. The van der Waals surface area contributed by atoms with Crippen LogP contribution >= 0.6 is 0 Å². The number of benzene rings is 1. The van der Waals surface area contributed by atoms with Crippen molar-refractivity contribution in [3.63, 3.8) is 0 Å². The van der Waals surface area contributed by atoms with Crippen molar-refractivity contribution in [2.75, 3.05) is 14.2 Å². The molecule has 0 aliphatic carbocycles. The minimum atomic E-state index is 0.249. The van der Waals surface area contributed by atoms with E-state index < -0.39 is 0 Å². The lowest BCUT2D eigenvalue weighted by molar-refractivity contribution is 0.353. The highest BCUT2D eigenvalue weighted by Gasteiger charge is 2.12. The maximum absolute atomic E-state index is 5.26. The molecule has 0 atom stereocenters. The van der Waals surface area contributed by atoms with Gasteiger partial charge >= 0.3 is 6.01 Å². The summed E-state index contributed by atoms with van der Waals surface area (Å²) in [5.74, 6) is 0.404. The van der Waals surface area contributed by atoms with E-state index in [1.807, 2.05) is 24.3 Å². The van der Waals surface area contributed by atoms with Crippen LogP contribution in [0, 0.1) is 0 Å². The summed E-state index contributed by atoms with van der Waals surface area (Å²) in [5.41, 5.74) is 2.97. The van der Waals surface area contributed by atoms with Crippen molar-refractivity contribution in [3.8, 4) is 23.1 Å². The molecule has 0 aliphatic heterocycles. The molecule has 0 amide bonds. The van der Waals surface area contributed by atoms with Gasteiger partial charge in [0.15, 0.2) is 0 Å². The lowest BCUT2D eigenvalue weighted by Gasteiger charge is -2.08. The molecule has 0 unspecified atom stereocenters. The number of ether oxygens (including phenoxy) is 2. The van der Waals surface area contributed by atoms with Gasteiger partial charge in [0.05, 0.1) is 42.7 Å². The molecule has 3 rings (SSSR count). The fraction of sp³-hybridized carbons (Fsp3) is 0.143. The average Bonchev–Trinajstić information content (AvgIpc) is 2.53. The Hall–Kier alpha value is -2.76. The number of hydrogen-bond donors (Lipinski definition) is 0. The second kappa shape index (κ2) is 5.08. The van der Waals surface area contributed by atoms with Gasteiger partial charge in [-0.05, 0) is 12.1 Å². The highest BCUT2D eigenvalue weighted by atomic mass is 16.5. The molecule has 2 heterocycles. The third-order valence-corrected chi connectivity index (χ3v) is 2.83. The maximum Gasteiger partial charge on any atom is 0.319 e. The van der Waals surface area contributed by atoms with E-state index in [1.165, 1.54) is 7.11 Å². The van der Waals surface area contributed by atoms with Crippen LogP contribution in [-0.2, 0) is 0 Å². The van der Waals surface area contributed by atoms with Crippen LogP contribution in [0.25, 0.3) is 22.3 Å². The molecule has 0 radical (unpaired) electrons. The third kappa shape index (κ3) is 2.11. The van der Waals surface area contributed by atoms with Crippen molar-refractivity contribution in [1.29, 1.82) is 0 Å². The number of rotatable bonds is 3. The molecule has 0 fully saturated rings. The molecule has 6 nitrogen and oxygen atoms in total. The molecule has 20 heavy (non-hydrogen) atoms. The van der Waals surface area contributed by atoms with Crippen LogP contribution in [-0.4, -0.2) is 34.2 Å². The second-order valence-electron chi connectivity index (χ2n) is 4.02. The number of methoxy groups -OCH3 is 2. The molecule has 0 saturated carbocycles. The molecule has 0 bridgehead atoms. The normalized spacial score (nSPS) is 10.5. The second-order valence-corrected chi connectivity index (χ2v) is 4.02. The number of nitrogens with zero attached hydrogens (tertiary/aromatic N) is 4. The fourth-order valence-corrected chi connectivity index (χ4v) is 1.87. The van der Waals surface area contributed by atoms with Crippen LogP contribution in [0.15, 0.2) is 36.7 Å². The van der Waals surface area contributed by atoms with E-state index in [4.69, 9.17) is 9.47 Å². The molecule has 100 valence electrons. The van der Waals surface area contributed by atoms with Crippen molar-refractivity contribution in [2.24, 2.45) is 0 Å². The van der Waals surface area contributed by atoms with Crippen molar-refractivity contribution >= 4 is 11.0 Å². The summed E-state index contributed by atoms with van der Waals surface area (Å²) < 4.78 is 10.2. The molecule has 2 aromatic heterocycles. The summed E-state index contributed by atoms with van der Waals surface area (Å²) in [6, 6.07) is 7.91. The Labute approximate surface area is 115 Å². The Balaban J connectivity index is 2.14. The summed E-state index contributed by atoms with van der Waals surface area (Å²) in [6.45, 7) is 0. The molecular weight excluding hydrogens is 256 g/mol. The van der Waals surface area contributed by atoms with E-state index in [9.17, 15) is 0 Å². The van der Waals surface area contributed by atoms with Crippen molar-refractivity contribution in [3.05, 3.63) is 36.7 Å². The SMILES string of the molecule is COc1ncc(-c2cnc3ccccc3n2)c(OC)n1. The van der Waals surface area contributed by atoms with Crippen LogP contribution < -0.4 is 9.47 Å². The maximum atomic E-state index is 5.26. The summed E-state index contributed by atoms with van der Waals surface area (Å²) in [5, 5.41) is 0. The number of hydrogen-bond acceptors (Lipinski definition) is 6. The van der Waals surface area contributed by atoms with Crippen molar-refractivity contribution in [2.45, 2.75) is 0 Å². The Morgan fingerprint density at radius 1 is 0.850 bits per heavy atom. The Morgan fingerprint density at radius 2 is 1.65 bits per heavy atom. The summed E-state index contributed by atoms with van der Waals surface area (Å²) in [7, 11) is 3.05. The zero-order valence-corrected chi connectivity index (χ0v) is 11.1. The van der Waals surface area contributed by atoms with E-state index in [0.29, 0.717) is 17.1 Å². The van der Waals surface area contributed by atoms with Gasteiger partial charge in [-0.3, -0.25) is 4.98 Å². The van der Waals surface area contributed by atoms with Crippen molar-refractivity contribution in [1.82, 2.24) is 19.9 Å². The summed E-state index contributed by atoms with van der Waals surface area (Å²) in [6.07, 6.45) is 3.29. The van der Waals surface area contributed by atoms with E-state index in [1.54, 1.807) is 19.5 Å². The fourth-order valence-electron chi connectivity index (χ4n) is 1.87. The van der Waals surface area contributed by atoms with E-state index >= 15 is 0 Å². The van der Waals surface area contributed by atoms with Crippen LogP contribution in [0.5, 0.6) is 11.9 Å². The van der Waals surface area contributed by atoms with Gasteiger partial charge in [0.2, 0.25) is 5.88 Å². The first kappa shape index (κ1) is 12.3.